The third kappa shape index (κ3) is 4.86. The second-order valence-electron chi connectivity index (χ2n) is 7.06. The van der Waals surface area contributed by atoms with Crippen molar-refractivity contribution in [2.24, 2.45) is 0 Å². The first kappa shape index (κ1) is 23.2. The van der Waals surface area contributed by atoms with Gasteiger partial charge in [-0.3, -0.25) is 29.3 Å². The van der Waals surface area contributed by atoms with Crippen LogP contribution in [0.4, 0.5) is 5.69 Å². The molecule has 2 aromatic heterocycles. The lowest BCUT2D eigenvalue weighted by molar-refractivity contribution is -0.385. The number of β-lactam (4-membered cyclic amide) rings is 1. The van der Waals surface area contributed by atoms with E-state index in [9.17, 15) is 29.6 Å². The van der Waals surface area contributed by atoms with Gasteiger partial charge in [-0.1, -0.05) is 23.1 Å². The Balaban J connectivity index is 1.36. The topological polar surface area (TPSA) is 173 Å². The van der Waals surface area contributed by atoms with Crippen molar-refractivity contribution < 1.29 is 24.4 Å². The van der Waals surface area contributed by atoms with Crippen LogP contribution in [0.3, 0.4) is 0 Å². The maximum Gasteiger partial charge on any atom is 0.352 e. The lowest BCUT2D eigenvalue weighted by Gasteiger charge is -2.49. The van der Waals surface area contributed by atoms with Crippen molar-refractivity contribution in [2.75, 3.05) is 11.5 Å². The molecule has 0 radical (unpaired) electrons. The molecule has 13 nitrogen and oxygen atoms in total. The van der Waals surface area contributed by atoms with Gasteiger partial charge in [-0.15, -0.1) is 22.0 Å². The van der Waals surface area contributed by atoms with Crippen LogP contribution in [0.25, 0.3) is 0 Å². The Morgan fingerprint density at radius 2 is 2.21 bits per heavy atom. The number of nitrogens with one attached hydrogen (secondary N) is 1. The molecule has 1 saturated heterocycles. The zero-order chi connectivity index (χ0) is 23.7. The van der Waals surface area contributed by atoms with Crippen LogP contribution in [-0.2, 0) is 20.9 Å². The summed E-state index contributed by atoms with van der Waals surface area (Å²) in [6.45, 7) is 1.94. The first-order valence-electron chi connectivity index (χ1n) is 9.53. The summed E-state index contributed by atoms with van der Waals surface area (Å²) in [6.07, 6.45) is 2.27. The first-order chi connectivity index (χ1) is 15.7. The molecule has 2 amide bonds. The van der Waals surface area contributed by atoms with Gasteiger partial charge in [-0.2, -0.15) is 5.10 Å². The maximum atomic E-state index is 12.7. The second-order valence-corrected chi connectivity index (χ2v) is 10.6. The number of nitro groups is 1. The number of aliphatic carboxylic acids is 1. The molecule has 2 aliphatic heterocycles. The zero-order valence-corrected chi connectivity index (χ0v) is 19.5. The fourth-order valence-corrected chi connectivity index (χ4v) is 6.61. The highest BCUT2D eigenvalue weighted by Crippen LogP contribution is 2.41. The van der Waals surface area contributed by atoms with Crippen molar-refractivity contribution >= 4 is 58.3 Å². The van der Waals surface area contributed by atoms with Crippen LogP contribution in [0.2, 0.25) is 0 Å². The highest BCUT2D eigenvalue weighted by atomic mass is 32.2. The number of aryl methyl sites for hydroxylation is 2. The van der Waals surface area contributed by atoms with E-state index in [-0.39, 0.29) is 24.4 Å². The van der Waals surface area contributed by atoms with Gasteiger partial charge in [-0.25, -0.2) is 4.79 Å². The van der Waals surface area contributed by atoms with Crippen molar-refractivity contribution in [3.05, 3.63) is 38.8 Å². The van der Waals surface area contributed by atoms with Crippen LogP contribution in [0.1, 0.15) is 11.4 Å². The quantitative estimate of drug-likeness (QED) is 0.212. The van der Waals surface area contributed by atoms with Gasteiger partial charge in [0.1, 0.15) is 34.5 Å². The predicted molar refractivity (Wildman–Crippen MR) is 119 cm³/mol. The van der Waals surface area contributed by atoms with Gasteiger partial charge in [0, 0.05) is 24.5 Å². The number of thioether (sulfide) groups is 2. The van der Waals surface area contributed by atoms with Crippen molar-refractivity contribution in [3.63, 3.8) is 0 Å². The predicted octanol–water partition coefficient (Wildman–Crippen LogP) is 0.872. The molecule has 0 aliphatic carbocycles. The third-order valence-electron chi connectivity index (χ3n) is 4.84. The summed E-state index contributed by atoms with van der Waals surface area (Å²) in [5.41, 5.74) is 0.383. The highest BCUT2D eigenvalue weighted by molar-refractivity contribution is 8.01. The maximum absolute atomic E-state index is 12.7. The Bertz CT molecular complexity index is 1160. The first-order valence-corrected chi connectivity index (χ1v) is 12.4. The Morgan fingerprint density at radius 1 is 1.42 bits per heavy atom. The van der Waals surface area contributed by atoms with E-state index in [0.29, 0.717) is 17.1 Å². The summed E-state index contributed by atoms with van der Waals surface area (Å²) in [4.78, 5) is 48.3. The van der Waals surface area contributed by atoms with E-state index >= 15 is 0 Å². The van der Waals surface area contributed by atoms with Gasteiger partial charge in [0.15, 0.2) is 4.34 Å². The fraction of sp³-hybridized carbons (Fsp3) is 0.412. The molecule has 2 N–H and O–H groups in total. The molecule has 0 bridgehead atoms. The van der Waals surface area contributed by atoms with Crippen molar-refractivity contribution in [1.29, 1.82) is 0 Å². The number of hydrogen-bond donors (Lipinski definition) is 2. The summed E-state index contributed by atoms with van der Waals surface area (Å²) < 4.78 is 2.00. The molecule has 33 heavy (non-hydrogen) atoms. The summed E-state index contributed by atoms with van der Waals surface area (Å²) in [7, 11) is 0. The second kappa shape index (κ2) is 9.48. The molecule has 4 heterocycles. The molecule has 4 rings (SSSR count). The Kier molecular flexibility index (Phi) is 6.66. The minimum absolute atomic E-state index is 0.0369. The summed E-state index contributed by atoms with van der Waals surface area (Å²) in [6, 6.07) is -0.830. The van der Waals surface area contributed by atoms with Crippen LogP contribution in [0, 0.1) is 17.0 Å². The van der Waals surface area contributed by atoms with Crippen LogP contribution in [-0.4, -0.2) is 75.6 Å². The van der Waals surface area contributed by atoms with Crippen LogP contribution < -0.4 is 5.32 Å². The molecule has 0 spiro atoms. The number of aromatic nitrogens is 4. The number of nitrogens with zero attached hydrogens (tertiary/aromatic N) is 6. The monoisotopic (exact) mass is 511 g/mol. The van der Waals surface area contributed by atoms with E-state index in [0.717, 1.165) is 15.5 Å². The fourth-order valence-electron chi connectivity index (χ4n) is 3.31. The molecule has 0 unspecified atom stereocenters. The summed E-state index contributed by atoms with van der Waals surface area (Å²) in [5.74, 6) is -1.33. The lowest BCUT2D eigenvalue weighted by Crippen LogP contribution is -2.70. The van der Waals surface area contributed by atoms with Crippen molar-refractivity contribution in [1.82, 2.24) is 30.2 Å². The molecule has 174 valence electrons. The van der Waals surface area contributed by atoms with E-state index in [2.05, 4.69) is 20.6 Å². The Labute approximate surface area is 198 Å². The number of carboxylic acids is 1. The average molecular weight is 512 g/mol. The van der Waals surface area contributed by atoms with E-state index in [4.69, 9.17) is 0 Å². The highest BCUT2D eigenvalue weighted by Gasteiger charge is 2.54. The SMILES string of the molecule is Cc1nnc(SCC2=C(C(=O)O)N3C(=O)[C@H](NC(=O)CCn4cc([N+](=O)[O-])cn4)[C@@H]3SC2)s1. The molecule has 2 atom stereocenters. The number of carbonyl (C=O) groups is 3. The van der Waals surface area contributed by atoms with E-state index < -0.39 is 34.1 Å². The van der Waals surface area contributed by atoms with E-state index in [1.54, 1.807) is 0 Å². The van der Waals surface area contributed by atoms with Crippen molar-refractivity contribution in [3.8, 4) is 0 Å². The molecular formula is C17H17N7O6S3. The van der Waals surface area contributed by atoms with Gasteiger partial charge in [0.25, 0.3) is 5.91 Å². The van der Waals surface area contributed by atoms with Gasteiger partial charge in [-0.05, 0) is 12.5 Å². The summed E-state index contributed by atoms with van der Waals surface area (Å²) in [5, 5.41) is 35.1. The normalized spacial score (nSPS) is 19.8. The van der Waals surface area contributed by atoms with Gasteiger partial charge < -0.3 is 10.4 Å². The van der Waals surface area contributed by atoms with Crippen LogP contribution in [0.15, 0.2) is 28.0 Å². The molecule has 2 aliphatic rings. The van der Waals surface area contributed by atoms with E-state index in [1.807, 2.05) is 6.92 Å². The van der Waals surface area contributed by atoms with Gasteiger partial charge in [0.05, 0.1) is 4.92 Å². The molecule has 0 aromatic carbocycles. The van der Waals surface area contributed by atoms with Crippen molar-refractivity contribution in [2.45, 2.75) is 35.6 Å². The van der Waals surface area contributed by atoms with Gasteiger partial charge in [0.2, 0.25) is 5.91 Å². The minimum Gasteiger partial charge on any atom is -0.477 e. The van der Waals surface area contributed by atoms with Gasteiger partial charge >= 0.3 is 11.7 Å². The number of carboxylic acid groups (broad SMARTS) is 1. The summed E-state index contributed by atoms with van der Waals surface area (Å²) >= 11 is 4.17. The molecule has 16 heteroatoms. The Hall–Kier alpha value is -2.98. The lowest BCUT2D eigenvalue weighted by atomic mass is 10.0. The van der Waals surface area contributed by atoms with Crippen LogP contribution in [0.5, 0.6) is 0 Å². The number of rotatable bonds is 9. The molecule has 1 fully saturated rings. The molecule has 2 aromatic rings. The number of carbonyl (C=O) groups excluding carboxylic acids is 2. The smallest absolute Gasteiger partial charge is 0.352 e. The number of fused-ring (bicyclic) bond motifs is 1. The Morgan fingerprint density at radius 3 is 2.85 bits per heavy atom. The largest absolute Gasteiger partial charge is 0.477 e. The zero-order valence-electron chi connectivity index (χ0n) is 17.0. The molecule has 0 saturated carbocycles. The number of amides is 2. The standard InChI is InChI=1S/C17H17N7O6S3/c1-8-20-21-17(33-8)32-7-9-6-31-15-12(14(26)23(15)13(9)16(27)28)19-11(25)2-3-22-5-10(4-18-22)24(29)30/h4-5,12,15H,2-3,6-7H2,1H3,(H,19,25)(H,27,28)/t12-,15-/m0/s1. The molecular weight excluding hydrogens is 494 g/mol. The average Bonchev–Trinajstić information content (AvgIpc) is 3.42. The number of hydrogen-bond acceptors (Lipinski definition) is 11. The minimum atomic E-state index is -1.19. The van der Waals surface area contributed by atoms with Crippen LogP contribution >= 0.6 is 34.9 Å². The van der Waals surface area contributed by atoms with E-state index in [1.165, 1.54) is 50.6 Å². The third-order valence-corrected chi connectivity index (χ3v) is 8.24.